The van der Waals surface area contributed by atoms with Gasteiger partial charge in [-0.15, -0.1) is 0 Å². The Kier molecular flexibility index (Phi) is 5.69. The van der Waals surface area contributed by atoms with Crippen molar-refractivity contribution >= 4 is 29.1 Å². The van der Waals surface area contributed by atoms with E-state index in [1.165, 1.54) is 0 Å². The summed E-state index contributed by atoms with van der Waals surface area (Å²) < 4.78 is 0. The number of carbonyl (C=O) groups excluding carboxylic acids is 2. The van der Waals surface area contributed by atoms with E-state index in [0.717, 1.165) is 24.1 Å². The molecule has 0 bridgehead atoms. The molecule has 0 spiro atoms. The van der Waals surface area contributed by atoms with E-state index in [1.807, 2.05) is 25.7 Å². The third-order valence-corrected chi connectivity index (χ3v) is 4.54. The Balaban J connectivity index is 2.12. The summed E-state index contributed by atoms with van der Waals surface area (Å²) in [6, 6.07) is 5.33. The molecule has 0 aliphatic heterocycles. The molecule has 0 aromatic heterocycles. The van der Waals surface area contributed by atoms with Gasteiger partial charge >= 0.3 is 0 Å². The summed E-state index contributed by atoms with van der Waals surface area (Å²) in [7, 11) is 0. The van der Waals surface area contributed by atoms with Crippen LogP contribution in [0.15, 0.2) is 18.2 Å². The molecule has 5 heteroatoms. The number of nitrogens with one attached hydrogen (secondary N) is 1. The normalized spacial score (nSPS) is 15.1. The predicted octanol–water partition coefficient (Wildman–Crippen LogP) is 4.02. The van der Waals surface area contributed by atoms with Crippen LogP contribution in [0.25, 0.3) is 0 Å². The molecular weight excluding hydrogens is 312 g/mol. The summed E-state index contributed by atoms with van der Waals surface area (Å²) in [6.07, 6.45) is 3.07. The van der Waals surface area contributed by atoms with Crippen molar-refractivity contribution in [2.24, 2.45) is 5.41 Å². The highest BCUT2D eigenvalue weighted by Crippen LogP contribution is 2.48. The molecular formula is C18H25ClN2O2. The molecule has 1 fully saturated rings. The smallest absolute Gasteiger partial charge is 0.240 e. The molecule has 0 saturated heterocycles. The molecule has 1 aromatic rings. The second-order valence-electron chi connectivity index (χ2n) is 6.29. The van der Waals surface area contributed by atoms with Gasteiger partial charge in [-0.2, -0.15) is 0 Å². The number of carbonyl (C=O) groups is 2. The zero-order valence-electron chi connectivity index (χ0n) is 14.1. The third-order valence-electron chi connectivity index (χ3n) is 4.30. The number of nitrogens with zero attached hydrogens (tertiary/aromatic N) is 1. The molecule has 0 atom stereocenters. The van der Waals surface area contributed by atoms with Gasteiger partial charge in [0.25, 0.3) is 0 Å². The zero-order chi connectivity index (χ0) is 17.0. The minimum absolute atomic E-state index is 0.0229. The first-order chi connectivity index (χ1) is 10.9. The highest BCUT2D eigenvalue weighted by molar-refractivity contribution is 6.30. The van der Waals surface area contributed by atoms with Crippen LogP contribution in [0.5, 0.6) is 0 Å². The van der Waals surface area contributed by atoms with Gasteiger partial charge in [-0.05, 0) is 56.4 Å². The molecule has 2 amide bonds. The van der Waals surface area contributed by atoms with Crippen LogP contribution in [0.2, 0.25) is 5.02 Å². The molecule has 0 heterocycles. The lowest BCUT2D eigenvalue weighted by atomic mass is 10.0. The second kappa shape index (κ2) is 7.35. The average Bonchev–Trinajstić information content (AvgIpc) is 3.31. The molecule has 1 aliphatic rings. The van der Waals surface area contributed by atoms with Gasteiger partial charge in [-0.1, -0.05) is 25.4 Å². The Morgan fingerprint density at radius 2 is 1.83 bits per heavy atom. The van der Waals surface area contributed by atoms with Crippen molar-refractivity contribution in [2.45, 2.75) is 46.5 Å². The summed E-state index contributed by atoms with van der Waals surface area (Å²) in [6.45, 7) is 7.41. The van der Waals surface area contributed by atoms with Crippen molar-refractivity contribution in [3.8, 4) is 0 Å². The lowest BCUT2D eigenvalue weighted by molar-refractivity contribution is -0.142. The quantitative estimate of drug-likeness (QED) is 0.765. The predicted molar refractivity (Wildman–Crippen MR) is 93.6 cm³/mol. The summed E-state index contributed by atoms with van der Waals surface area (Å²) in [4.78, 5) is 27.4. The van der Waals surface area contributed by atoms with Crippen molar-refractivity contribution < 1.29 is 9.59 Å². The van der Waals surface area contributed by atoms with Crippen LogP contribution in [0.1, 0.15) is 45.1 Å². The van der Waals surface area contributed by atoms with Crippen LogP contribution in [0.3, 0.4) is 0 Å². The van der Waals surface area contributed by atoms with Gasteiger partial charge in [0.15, 0.2) is 0 Å². The van der Waals surface area contributed by atoms with E-state index < -0.39 is 5.41 Å². The zero-order valence-corrected chi connectivity index (χ0v) is 14.9. The minimum Gasteiger partial charge on any atom is -0.342 e. The van der Waals surface area contributed by atoms with E-state index in [4.69, 9.17) is 11.6 Å². The van der Waals surface area contributed by atoms with E-state index in [1.54, 1.807) is 18.2 Å². The van der Waals surface area contributed by atoms with Crippen molar-refractivity contribution in [1.29, 1.82) is 0 Å². The molecule has 0 radical (unpaired) electrons. The van der Waals surface area contributed by atoms with Crippen LogP contribution in [-0.4, -0.2) is 29.8 Å². The molecule has 0 unspecified atom stereocenters. The minimum atomic E-state index is -0.865. The maximum atomic E-state index is 12.8. The highest BCUT2D eigenvalue weighted by atomic mass is 35.5. The number of hydrogen-bond donors (Lipinski definition) is 1. The number of anilines is 1. The molecule has 1 aromatic carbocycles. The van der Waals surface area contributed by atoms with Gasteiger partial charge in [0.2, 0.25) is 11.8 Å². The SMILES string of the molecule is CCCN(CCC)C(=O)C1(C(=O)Nc2ccc(Cl)cc2C)CC1. The van der Waals surface area contributed by atoms with Gasteiger partial charge in [0.1, 0.15) is 5.41 Å². The molecule has 126 valence electrons. The van der Waals surface area contributed by atoms with E-state index in [0.29, 0.717) is 31.0 Å². The van der Waals surface area contributed by atoms with Gasteiger partial charge in [-0.3, -0.25) is 9.59 Å². The lowest BCUT2D eigenvalue weighted by Gasteiger charge is -2.26. The van der Waals surface area contributed by atoms with Crippen LogP contribution in [0, 0.1) is 12.3 Å². The lowest BCUT2D eigenvalue weighted by Crippen LogP contribution is -2.43. The first kappa shape index (κ1) is 17.8. The molecule has 23 heavy (non-hydrogen) atoms. The first-order valence-electron chi connectivity index (χ1n) is 8.31. The Bertz CT molecular complexity index is 591. The summed E-state index contributed by atoms with van der Waals surface area (Å²) in [5, 5.41) is 3.55. The van der Waals surface area contributed by atoms with Crippen molar-refractivity contribution in [1.82, 2.24) is 4.90 Å². The van der Waals surface area contributed by atoms with Crippen molar-refractivity contribution in [3.05, 3.63) is 28.8 Å². The standard InChI is InChI=1S/C18H25ClN2O2/c1-4-10-21(11-5-2)17(23)18(8-9-18)16(22)20-15-7-6-14(19)12-13(15)3/h6-7,12H,4-5,8-11H2,1-3H3,(H,20,22). The van der Waals surface area contributed by atoms with Crippen LogP contribution >= 0.6 is 11.6 Å². The molecule has 1 aliphatic carbocycles. The number of benzene rings is 1. The topological polar surface area (TPSA) is 49.4 Å². The summed E-state index contributed by atoms with van der Waals surface area (Å²) in [5.74, 6) is -0.213. The van der Waals surface area contributed by atoms with Gasteiger partial charge in [-0.25, -0.2) is 0 Å². The number of halogens is 1. The maximum absolute atomic E-state index is 12.8. The van der Waals surface area contributed by atoms with Gasteiger partial charge in [0, 0.05) is 23.8 Å². The average molecular weight is 337 g/mol. The molecule has 1 saturated carbocycles. The van der Waals surface area contributed by atoms with Gasteiger partial charge in [0.05, 0.1) is 0 Å². The fraction of sp³-hybridized carbons (Fsp3) is 0.556. The summed E-state index contributed by atoms with van der Waals surface area (Å²) >= 11 is 5.94. The Labute approximate surface area is 143 Å². The maximum Gasteiger partial charge on any atom is 0.240 e. The number of amides is 2. The second-order valence-corrected chi connectivity index (χ2v) is 6.72. The van der Waals surface area contributed by atoms with Crippen LogP contribution < -0.4 is 5.32 Å². The fourth-order valence-corrected chi connectivity index (χ4v) is 3.06. The summed E-state index contributed by atoms with van der Waals surface area (Å²) in [5.41, 5.74) is 0.750. The molecule has 4 nitrogen and oxygen atoms in total. The van der Waals surface area contributed by atoms with E-state index in [9.17, 15) is 9.59 Å². The fourth-order valence-electron chi connectivity index (χ4n) is 2.83. The van der Waals surface area contributed by atoms with Crippen LogP contribution in [0.4, 0.5) is 5.69 Å². The van der Waals surface area contributed by atoms with E-state index in [-0.39, 0.29) is 11.8 Å². The number of hydrogen-bond acceptors (Lipinski definition) is 2. The molecule has 1 N–H and O–H groups in total. The number of aryl methyl sites for hydroxylation is 1. The number of rotatable bonds is 7. The van der Waals surface area contributed by atoms with Crippen molar-refractivity contribution in [2.75, 3.05) is 18.4 Å². The highest BCUT2D eigenvalue weighted by Gasteiger charge is 2.57. The monoisotopic (exact) mass is 336 g/mol. The third kappa shape index (κ3) is 3.86. The van der Waals surface area contributed by atoms with E-state index in [2.05, 4.69) is 5.32 Å². The van der Waals surface area contributed by atoms with E-state index >= 15 is 0 Å². The van der Waals surface area contributed by atoms with Gasteiger partial charge < -0.3 is 10.2 Å². The largest absolute Gasteiger partial charge is 0.342 e. The van der Waals surface area contributed by atoms with Crippen LogP contribution in [-0.2, 0) is 9.59 Å². The molecule has 2 rings (SSSR count). The Hall–Kier alpha value is -1.55. The first-order valence-corrected chi connectivity index (χ1v) is 8.69. The Morgan fingerprint density at radius 1 is 1.22 bits per heavy atom. The Morgan fingerprint density at radius 3 is 2.30 bits per heavy atom. The van der Waals surface area contributed by atoms with Crippen molar-refractivity contribution in [3.63, 3.8) is 0 Å².